The van der Waals surface area contributed by atoms with Crippen molar-refractivity contribution in [3.63, 3.8) is 0 Å². The summed E-state index contributed by atoms with van der Waals surface area (Å²) in [5.74, 6) is 26.9. The van der Waals surface area contributed by atoms with Crippen molar-refractivity contribution in [2.75, 3.05) is 26.4 Å². The summed E-state index contributed by atoms with van der Waals surface area (Å²) < 4.78 is 24.4. The van der Waals surface area contributed by atoms with Crippen LogP contribution in [0, 0.1) is 47.4 Å². The number of aryl methyl sites for hydroxylation is 4. The van der Waals surface area contributed by atoms with E-state index in [1.165, 1.54) is 99.3 Å². The highest BCUT2D eigenvalue weighted by Gasteiger charge is 2.19. The molecule has 464 valence electrons. The molecule has 6 aromatic carbocycles. The molecule has 0 N–H and O–H groups in total. The molecule has 0 aliphatic carbocycles. The standard InChI is InChI=1S/C84H84N4O4/c1-5-9-13-21-29-65-57-77-61-33-41-69(42-34-61)89-53-25-17-18-26-55-91-71-45-37-63(38-46-71)79-59-67(31-23-15-11-7-3)75-51-52-76-68(32-24-16-12-8-4)60-80(88-84(76)83(75)87-79)64-39-47-72(48-40-64)92-56-28-20-19-27-54-90-70-43-35-62(36-44-70)78-58-66(30-22-14-10-6-2)74-50-49-73(65)81(85-77)82(74)86-78/h33-52,57-60H,5-16,21-24,29-32,53-56H2,1-4H3. The summed E-state index contributed by atoms with van der Waals surface area (Å²) in [4.78, 5) is 21.9. The van der Waals surface area contributed by atoms with Gasteiger partial charge >= 0.3 is 0 Å². The van der Waals surface area contributed by atoms with Gasteiger partial charge in [-0.3, -0.25) is 0 Å². The number of nitrogens with zero attached hydrogens (tertiary/aromatic N) is 4. The molecule has 0 amide bonds. The molecule has 0 saturated carbocycles. The smallest absolute Gasteiger partial charge is 0.150 e. The van der Waals surface area contributed by atoms with Crippen LogP contribution in [0.4, 0.5) is 0 Å². The first kappa shape index (κ1) is 63.9. The molecular formula is C84H84N4O4. The molecule has 0 atom stereocenters. The largest absolute Gasteiger partial charge is 0.481 e. The summed E-state index contributed by atoms with van der Waals surface area (Å²) in [6, 6.07) is 51.0. The van der Waals surface area contributed by atoms with E-state index < -0.39 is 0 Å². The van der Waals surface area contributed by atoms with Gasteiger partial charge in [0.15, 0.2) is 0 Å². The Morgan fingerprint density at radius 1 is 0.272 bits per heavy atom. The third-order valence-corrected chi connectivity index (χ3v) is 17.4. The summed E-state index contributed by atoms with van der Waals surface area (Å²) in [5, 5.41) is 4.63. The Labute approximate surface area is 545 Å². The number of hydrogen-bond acceptors (Lipinski definition) is 8. The first-order valence-corrected chi connectivity index (χ1v) is 33.8. The molecular weight excluding hydrogens is 1130 g/mol. The van der Waals surface area contributed by atoms with E-state index in [4.69, 9.17) is 38.9 Å². The lowest BCUT2D eigenvalue weighted by atomic mass is 9.95. The van der Waals surface area contributed by atoms with Gasteiger partial charge in [0.2, 0.25) is 0 Å². The van der Waals surface area contributed by atoms with Crippen molar-refractivity contribution in [3.05, 3.63) is 168 Å². The first-order valence-electron chi connectivity index (χ1n) is 33.8. The number of ether oxygens (including phenoxy) is 4. The molecule has 17 rings (SSSR count). The minimum atomic E-state index is 0.202. The molecule has 7 aliphatic rings. The van der Waals surface area contributed by atoms with Crippen molar-refractivity contribution in [1.29, 1.82) is 0 Å². The molecule has 8 nitrogen and oxygen atoms in total. The van der Waals surface area contributed by atoms with Gasteiger partial charge in [0.05, 0.1) is 44.8 Å². The first-order chi connectivity index (χ1) is 45.5. The number of hydrogen-bond donors (Lipinski definition) is 0. The summed E-state index contributed by atoms with van der Waals surface area (Å²) in [6.45, 7) is 9.85. The van der Waals surface area contributed by atoms with Gasteiger partial charge in [-0.1, -0.05) is 129 Å². The highest BCUT2D eigenvalue weighted by molar-refractivity contribution is 6.08. The van der Waals surface area contributed by atoms with Gasteiger partial charge in [0, 0.05) is 43.8 Å². The van der Waals surface area contributed by atoms with E-state index in [1.54, 1.807) is 0 Å². The molecule has 10 aromatic rings. The lowest BCUT2D eigenvalue weighted by molar-refractivity contribution is 0.370. The maximum Gasteiger partial charge on any atom is 0.150 e. The molecule has 0 fully saturated rings. The third kappa shape index (κ3) is 16.7. The second-order valence-electron chi connectivity index (χ2n) is 24.1. The molecule has 0 saturated heterocycles. The van der Waals surface area contributed by atoms with E-state index in [0.717, 1.165) is 163 Å². The van der Waals surface area contributed by atoms with Crippen molar-refractivity contribution in [2.24, 2.45) is 0 Å². The summed E-state index contributed by atoms with van der Waals surface area (Å²) >= 11 is 0. The maximum absolute atomic E-state index is 6.11. The van der Waals surface area contributed by atoms with Crippen LogP contribution < -0.4 is 18.9 Å². The van der Waals surface area contributed by atoms with E-state index in [1.807, 2.05) is 48.5 Å². The normalized spacial score (nSPS) is 12.3. The number of rotatable bonds is 20. The van der Waals surface area contributed by atoms with Gasteiger partial charge in [-0.2, -0.15) is 0 Å². The maximum atomic E-state index is 6.11. The van der Waals surface area contributed by atoms with Gasteiger partial charge < -0.3 is 18.9 Å². The summed E-state index contributed by atoms with van der Waals surface area (Å²) in [6.07, 6.45) is 22.7. The molecule has 0 spiro atoms. The van der Waals surface area contributed by atoms with Crippen LogP contribution in [0.1, 0.15) is 153 Å². The van der Waals surface area contributed by atoms with Crippen molar-refractivity contribution < 1.29 is 18.9 Å². The second kappa shape index (κ2) is 32.9. The Hall–Kier alpha value is -9.60. The quantitative estimate of drug-likeness (QED) is 0.0424. The minimum absolute atomic E-state index is 0.202. The van der Waals surface area contributed by atoms with Crippen LogP contribution in [0.2, 0.25) is 0 Å². The van der Waals surface area contributed by atoms with Crippen LogP contribution in [0.5, 0.6) is 23.0 Å². The highest BCUT2D eigenvalue weighted by Crippen LogP contribution is 2.38. The zero-order valence-electron chi connectivity index (χ0n) is 54.2. The van der Waals surface area contributed by atoms with Gasteiger partial charge in [-0.15, -0.1) is 0 Å². The average Bonchev–Trinajstić information content (AvgIpc) is 0.843. The van der Waals surface area contributed by atoms with Crippen molar-refractivity contribution in [1.82, 2.24) is 19.9 Å². The highest BCUT2D eigenvalue weighted by atomic mass is 16.5. The monoisotopic (exact) mass is 1210 g/mol. The number of aromatic nitrogens is 4. The van der Waals surface area contributed by atoms with Crippen LogP contribution in [-0.4, -0.2) is 46.4 Å². The van der Waals surface area contributed by atoms with Crippen LogP contribution in [0.3, 0.4) is 0 Å². The van der Waals surface area contributed by atoms with E-state index in [-0.39, 0.29) is 26.4 Å². The Morgan fingerprint density at radius 3 is 0.696 bits per heavy atom. The van der Waals surface area contributed by atoms with E-state index in [0.29, 0.717) is 0 Å². The van der Waals surface area contributed by atoms with Gasteiger partial charge in [0.25, 0.3) is 0 Å². The molecule has 16 bridgehead atoms. The second-order valence-corrected chi connectivity index (χ2v) is 24.1. The van der Waals surface area contributed by atoms with Crippen LogP contribution in [0.25, 0.3) is 88.6 Å². The minimum Gasteiger partial charge on any atom is -0.481 e. The topological polar surface area (TPSA) is 88.5 Å². The zero-order chi connectivity index (χ0) is 63.1. The Kier molecular flexibility index (Phi) is 22.9. The number of unbranched alkanes of at least 4 members (excludes halogenated alkanes) is 12. The molecule has 92 heavy (non-hydrogen) atoms. The average molecular weight is 1210 g/mol. The number of pyridine rings is 4. The Morgan fingerprint density at radius 2 is 0.489 bits per heavy atom. The fraction of sp³-hybridized carbons (Fsp3) is 0.333. The predicted molar refractivity (Wildman–Crippen MR) is 380 cm³/mol. The fourth-order valence-electron chi connectivity index (χ4n) is 12.3. The summed E-state index contributed by atoms with van der Waals surface area (Å²) in [7, 11) is 0. The lowest BCUT2D eigenvalue weighted by Crippen LogP contribution is -1.99. The molecule has 0 unspecified atom stereocenters. The number of benzene rings is 6. The van der Waals surface area contributed by atoms with E-state index in [2.05, 4.69) is 172 Å². The molecule has 11 heterocycles. The zero-order valence-corrected chi connectivity index (χ0v) is 54.2. The van der Waals surface area contributed by atoms with Crippen LogP contribution in [-0.2, 0) is 25.7 Å². The van der Waals surface area contributed by atoms with Crippen molar-refractivity contribution >= 4 is 43.6 Å². The third-order valence-electron chi connectivity index (χ3n) is 17.4. The SMILES string of the molecule is CCCCCCc1cc2nc3c1ccc1c(CCCCCC)cc(nc13)-c1ccc(cc1)OCC#CC#CCOc1ccc(cc1)-c1cc(CCCCCC)c3ccc4c(CCCCCC)cc(nc4c3n1)-c1ccc(cc1)OCC#CC#CCOc1ccc-2cc1. The van der Waals surface area contributed by atoms with Crippen molar-refractivity contribution in [2.45, 2.75) is 156 Å². The van der Waals surface area contributed by atoms with Crippen LogP contribution in [0.15, 0.2) is 146 Å². The lowest BCUT2D eigenvalue weighted by Gasteiger charge is -2.15. The Bertz CT molecular complexity index is 3840. The molecule has 7 aliphatic heterocycles. The fourth-order valence-corrected chi connectivity index (χ4v) is 12.3. The summed E-state index contributed by atoms with van der Waals surface area (Å²) in [5.41, 5.74) is 16.6. The van der Waals surface area contributed by atoms with Crippen molar-refractivity contribution in [3.8, 4) is 115 Å². The van der Waals surface area contributed by atoms with Gasteiger partial charge in [0.1, 0.15) is 49.4 Å². The predicted octanol–water partition coefficient (Wildman–Crippen LogP) is 20.3. The van der Waals surface area contributed by atoms with E-state index in [9.17, 15) is 0 Å². The van der Waals surface area contributed by atoms with Gasteiger partial charge in [-0.05, 0) is 242 Å². The molecule has 8 heteroatoms. The van der Waals surface area contributed by atoms with E-state index >= 15 is 0 Å². The van der Waals surface area contributed by atoms with Gasteiger partial charge in [-0.25, -0.2) is 19.9 Å². The Balaban J connectivity index is 0.903. The van der Waals surface area contributed by atoms with Crippen LogP contribution >= 0.6 is 0 Å². The molecule has 4 aromatic heterocycles. The molecule has 0 radical (unpaired) electrons.